The number of benzene rings is 2. The molecule has 0 aliphatic heterocycles. The maximum Gasteiger partial charge on any atom is 0.313 e. The molecule has 4 nitrogen and oxygen atoms in total. The Morgan fingerprint density at radius 1 is 1.17 bits per heavy atom. The van der Waals surface area contributed by atoms with Crippen molar-refractivity contribution in [2.24, 2.45) is 0 Å². The first-order chi connectivity index (χ1) is 11.4. The maximum atomic E-state index is 12.3. The van der Waals surface area contributed by atoms with Crippen molar-refractivity contribution in [3.63, 3.8) is 0 Å². The van der Waals surface area contributed by atoms with E-state index in [0.717, 1.165) is 22.3 Å². The molecule has 0 aromatic heterocycles. The van der Waals surface area contributed by atoms with Crippen molar-refractivity contribution in [3.8, 4) is 11.5 Å². The molecule has 0 amide bonds. The number of ether oxygens (including phenoxy) is 1. The van der Waals surface area contributed by atoms with E-state index in [1.165, 1.54) is 0 Å². The Labute approximate surface area is 142 Å². The lowest BCUT2D eigenvalue weighted by atomic mass is 9.95. The first-order valence-corrected chi connectivity index (χ1v) is 8.19. The summed E-state index contributed by atoms with van der Waals surface area (Å²) in [4.78, 5) is 12.3. The fourth-order valence-corrected chi connectivity index (χ4v) is 2.60. The Bertz CT molecular complexity index is 704. The number of hydrogen-bond donors (Lipinski definition) is 2. The van der Waals surface area contributed by atoms with Gasteiger partial charge in [-0.2, -0.15) is 0 Å². The van der Waals surface area contributed by atoms with Crippen LogP contribution in [0.1, 0.15) is 42.0 Å². The molecule has 0 spiro atoms. The molecule has 0 saturated carbocycles. The summed E-state index contributed by atoms with van der Waals surface area (Å²) < 4.78 is 5.37. The van der Waals surface area contributed by atoms with Crippen LogP contribution in [-0.4, -0.2) is 22.8 Å². The van der Waals surface area contributed by atoms with Gasteiger partial charge < -0.3 is 14.9 Å². The highest BCUT2D eigenvalue weighted by Gasteiger charge is 2.19. The highest BCUT2D eigenvalue weighted by molar-refractivity contribution is 5.78. The molecule has 2 aromatic carbocycles. The van der Waals surface area contributed by atoms with Gasteiger partial charge in [-0.15, -0.1) is 0 Å². The van der Waals surface area contributed by atoms with E-state index >= 15 is 0 Å². The average molecular weight is 328 g/mol. The van der Waals surface area contributed by atoms with E-state index in [1.807, 2.05) is 45.0 Å². The van der Waals surface area contributed by atoms with Crippen molar-refractivity contribution >= 4 is 5.97 Å². The summed E-state index contributed by atoms with van der Waals surface area (Å²) in [6.07, 6.45) is 1.32. The van der Waals surface area contributed by atoms with Gasteiger partial charge in [0, 0.05) is 6.42 Å². The van der Waals surface area contributed by atoms with Crippen molar-refractivity contribution < 1.29 is 19.7 Å². The second kappa shape index (κ2) is 7.86. The number of carbonyl (C=O) groups is 1. The van der Waals surface area contributed by atoms with E-state index < -0.39 is 0 Å². The Kier molecular flexibility index (Phi) is 5.85. The molecule has 1 atom stereocenters. The number of carbonyl (C=O) groups excluding carboxylic acids is 1. The number of phenols is 2. The predicted molar refractivity (Wildman–Crippen MR) is 93.4 cm³/mol. The molecule has 2 N–H and O–H groups in total. The summed E-state index contributed by atoms with van der Waals surface area (Å²) in [7, 11) is 0. The van der Waals surface area contributed by atoms with Gasteiger partial charge in [-0.25, -0.2) is 0 Å². The van der Waals surface area contributed by atoms with Crippen LogP contribution in [-0.2, 0) is 22.4 Å². The summed E-state index contributed by atoms with van der Waals surface area (Å²) in [6, 6.07) is 10.6. The van der Waals surface area contributed by atoms with Gasteiger partial charge in [0.25, 0.3) is 0 Å². The van der Waals surface area contributed by atoms with E-state index in [-0.39, 0.29) is 17.6 Å². The lowest BCUT2D eigenvalue weighted by molar-refractivity contribution is -0.144. The SMILES string of the molecule is CCc1cc(C(C)C(=O)OCCc2ccc(O)cc2)cc(C)c1O. The number of hydrogen-bond acceptors (Lipinski definition) is 4. The Morgan fingerprint density at radius 3 is 2.46 bits per heavy atom. The Morgan fingerprint density at radius 2 is 1.83 bits per heavy atom. The van der Waals surface area contributed by atoms with Crippen LogP contribution < -0.4 is 0 Å². The molecule has 24 heavy (non-hydrogen) atoms. The first kappa shape index (κ1) is 17.9. The molecule has 1 unspecified atom stereocenters. The van der Waals surface area contributed by atoms with Crippen molar-refractivity contribution in [3.05, 3.63) is 58.7 Å². The van der Waals surface area contributed by atoms with Crippen LogP contribution in [0, 0.1) is 6.92 Å². The van der Waals surface area contributed by atoms with Gasteiger partial charge in [-0.3, -0.25) is 4.79 Å². The lowest BCUT2D eigenvalue weighted by Gasteiger charge is -2.15. The van der Waals surface area contributed by atoms with Gasteiger partial charge in [-0.05, 0) is 54.7 Å². The van der Waals surface area contributed by atoms with Gasteiger partial charge in [0.05, 0.1) is 12.5 Å². The molecule has 0 fully saturated rings. The second-order valence-electron chi connectivity index (χ2n) is 6.00. The average Bonchev–Trinajstić information content (AvgIpc) is 2.58. The topological polar surface area (TPSA) is 66.8 Å². The number of phenolic OH excluding ortho intramolecular Hbond substituents is 2. The van der Waals surface area contributed by atoms with Gasteiger partial charge in [-0.1, -0.05) is 31.2 Å². The molecule has 128 valence electrons. The molecule has 0 aliphatic rings. The molecule has 2 rings (SSSR count). The molecule has 0 aliphatic carbocycles. The number of aromatic hydroxyl groups is 2. The summed E-state index contributed by atoms with van der Waals surface area (Å²) in [5.41, 5.74) is 3.47. The third-order valence-electron chi connectivity index (χ3n) is 4.21. The fraction of sp³-hybridized carbons (Fsp3) is 0.350. The number of esters is 1. The van der Waals surface area contributed by atoms with E-state index in [2.05, 4.69) is 0 Å². The van der Waals surface area contributed by atoms with Crippen LogP contribution in [0.15, 0.2) is 36.4 Å². The fourth-order valence-electron chi connectivity index (χ4n) is 2.60. The molecule has 4 heteroatoms. The molecule has 0 bridgehead atoms. The third kappa shape index (κ3) is 4.28. The van der Waals surface area contributed by atoms with Crippen LogP contribution >= 0.6 is 0 Å². The Hall–Kier alpha value is -2.49. The Balaban J connectivity index is 1.97. The van der Waals surface area contributed by atoms with Crippen LogP contribution in [0.3, 0.4) is 0 Å². The molecule has 0 radical (unpaired) electrons. The summed E-state index contributed by atoms with van der Waals surface area (Å²) in [5, 5.41) is 19.2. The predicted octanol–water partition coefficient (Wildman–Crippen LogP) is 3.86. The molecule has 0 saturated heterocycles. The maximum absolute atomic E-state index is 12.3. The second-order valence-corrected chi connectivity index (χ2v) is 6.00. The third-order valence-corrected chi connectivity index (χ3v) is 4.21. The normalized spacial score (nSPS) is 12.0. The van der Waals surface area contributed by atoms with Gasteiger partial charge in [0.2, 0.25) is 0 Å². The minimum absolute atomic E-state index is 0.221. The summed E-state index contributed by atoms with van der Waals surface area (Å²) >= 11 is 0. The molecular weight excluding hydrogens is 304 g/mol. The summed E-state index contributed by atoms with van der Waals surface area (Å²) in [5.74, 6) is -0.136. The van der Waals surface area contributed by atoms with E-state index in [1.54, 1.807) is 12.1 Å². The van der Waals surface area contributed by atoms with E-state index in [9.17, 15) is 15.0 Å². The zero-order chi connectivity index (χ0) is 17.7. The van der Waals surface area contributed by atoms with Crippen LogP contribution in [0.5, 0.6) is 11.5 Å². The highest BCUT2D eigenvalue weighted by Crippen LogP contribution is 2.28. The van der Waals surface area contributed by atoms with Gasteiger partial charge in [0.15, 0.2) is 0 Å². The van der Waals surface area contributed by atoms with Crippen molar-refractivity contribution in [1.29, 1.82) is 0 Å². The monoisotopic (exact) mass is 328 g/mol. The van der Waals surface area contributed by atoms with Crippen LogP contribution in [0.2, 0.25) is 0 Å². The van der Waals surface area contributed by atoms with E-state index in [4.69, 9.17) is 4.74 Å². The summed E-state index contributed by atoms with van der Waals surface area (Å²) in [6.45, 7) is 5.92. The van der Waals surface area contributed by atoms with Crippen molar-refractivity contribution in [2.75, 3.05) is 6.61 Å². The first-order valence-electron chi connectivity index (χ1n) is 8.19. The zero-order valence-corrected chi connectivity index (χ0v) is 14.4. The smallest absolute Gasteiger partial charge is 0.313 e. The van der Waals surface area contributed by atoms with Gasteiger partial charge >= 0.3 is 5.97 Å². The minimum atomic E-state index is -0.380. The van der Waals surface area contributed by atoms with Crippen molar-refractivity contribution in [2.45, 2.75) is 39.5 Å². The zero-order valence-electron chi connectivity index (χ0n) is 14.4. The minimum Gasteiger partial charge on any atom is -0.508 e. The van der Waals surface area contributed by atoms with Crippen LogP contribution in [0.4, 0.5) is 0 Å². The molecule has 0 heterocycles. The number of aryl methyl sites for hydroxylation is 2. The van der Waals surface area contributed by atoms with E-state index in [0.29, 0.717) is 25.2 Å². The standard InChI is InChI=1S/C20H24O4/c1-4-16-12-17(11-13(2)19(16)22)14(3)20(23)24-10-9-15-5-7-18(21)8-6-15/h5-8,11-12,14,21-22H,4,9-10H2,1-3H3. The highest BCUT2D eigenvalue weighted by atomic mass is 16.5. The van der Waals surface area contributed by atoms with Crippen molar-refractivity contribution in [1.82, 2.24) is 0 Å². The van der Waals surface area contributed by atoms with Gasteiger partial charge in [0.1, 0.15) is 11.5 Å². The lowest BCUT2D eigenvalue weighted by Crippen LogP contribution is -2.15. The quantitative estimate of drug-likeness (QED) is 0.790. The molecular formula is C20H24O4. The molecule has 2 aromatic rings. The van der Waals surface area contributed by atoms with Crippen LogP contribution in [0.25, 0.3) is 0 Å². The number of rotatable bonds is 6. The largest absolute Gasteiger partial charge is 0.508 e.